The molecule has 7 rings (SSSR count). The van der Waals surface area contributed by atoms with Crippen LogP contribution >= 0.6 is 0 Å². The number of fused-ring (bicyclic) bond motifs is 2. The Morgan fingerprint density at radius 1 is 0.419 bits per heavy atom. The van der Waals surface area contributed by atoms with Crippen molar-refractivity contribution < 1.29 is 0 Å². The van der Waals surface area contributed by atoms with Gasteiger partial charge in [-0.3, -0.25) is 0 Å². The maximum absolute atomic E-state index is 3.17. The molecule has 0 saturated carbocycles. The predicted molar refractivity (Wildman–Crippen MR) is 187 cm³/mol. The first-order chi connectivity index (χ1) is 21.1. The smallest absolute Gasteiger partial charge is 0.0423 e. The molecule has 43 heavy (non-hydrogen) atoms. The predicted octanol–water partition coefficient (Wildman–Crippen LogP) is 11.1. The number of hydrogen-bond donors (Lipinski definition) is 1. The lowest BCUT2D eigenvalue weighted by atomic mass is 9.71. The second-order valence-corrected chi connectivity index (χ2v) is 10.9. The molecule has 0 bridgehead atoms. The topological polar surface area (TPSA) is 12.0 Å². The summed E-state index contributed by atoms with van der Waals surface area (Å²) in [4.78, 5) is 0. The van der Waals surface area contributed by atoms with Crippen molar-refractivity contribution in [3.05, 3.63) is 198 Å². The number of benzene rings is 7. The van der Waals surface area contributed by atoms with Crippen LogP contribution in [0.15, 0.2) is 176 Å². The lowest BCUT2D eigenvalue weighted by Crippen LogP contribution is -2.25. The largest absolute Gasteiger partial charge is 0.388 e. The summed E-state index contributed by atoms with van der Waals surface area (Å²) in [6, 6.07) is 61.7. The Kier molecular flexibility index (Phi) is 9.67. The third-order valence-electron chi connectivity index (χ3n) is 8.02. The van der Waals surface area contributed by atoms with E-state index in [0.717, 1.165) is 0 Å². The number of anilines is 1. The summed E-state index contributed by atoms with van der Waals surface area (Å²) in [5.74, 6) is 0. The number of nitrogens with one attached hydrogen (secondary N) is 1. The highest BCUT2D eigenvalue weighted by atomic mass is 14.8. The van der Waals surface area contributed by atoms with E-state index >= 15 is 0 Å². The van der Waals surface area contributed by atoms with Crippen molar-refractivity contribution in [2.45, 2.75) is 19.3 Å². The molecular weight excluding hydrogens is 518 g/mol. The van der Waals surface area contributed by atoms with Crippen LogP contribution in [0.1, 0.15) is 29.2 Å². The zero-order chi connectivity index (χ0) is 29.9. The molecule has 0 aromatic heterocycles. The molecule has 0 fully saturated rings. The Labute approximate surface area is 256 Å². The Morgan fingerprint density at radius 3 is 1.40 bits per heavy atom. The van der Waals surface area contributed by atoms with E-state index in [1.165, 1.54) is 49.5 Å². The van der Waals surface area contributed by atoms with Gasteiger partial charge in [-0.2, -0.15) is 0 Å². The van der Waals surface area contributed by atoms with Crippen LogP contribution in [0, 0.1) is 6.92 Å². The van der Waals surface area contributed by atoms with Crippen molar-refractivity contribution in [2.75, 3.05) is 12.4 Å². The highest BCUT2D eigenvalue weighted by Crippen LogP contribution is 2.38. The van der Waals surface area contributed by atoms with Crippen molar-refractivity contribution >= 4 is 27.2 Å². The minimum atomic E-state index is -0.121. The molecule has 0 aliphatic rings. The van der Waals surface area contributed by atoms with E-state index in [1.807, 2.05) is 7.05 Å². The van der Waals surface area contributed by atoms with E-state index in [2.05, 4.69) is 195 Å². The van der Waals surface area contributed by atoms with Crippen LogP contribution in [0.2, 0.25) is 0 Å². The van der Waals surface area contributed by atoms with E-state index in [4.69, 9.17) is 0 Å². The average molecular weight is 558 g/mol. The Morgan fingerprint density at radius 2 is 0.860 bits per heavy atom. The second kappa shape index (κ2) is 14.2. The fourth-order valence-electron chi connectivity index (χ4n) is 5.57. The molecule has 0 aliphatic carbocycles. The summed E-state index contributed by atoms with van der Waals surface area (Å²) in [7, 11) is 1.95. The van der Waals surface area contributed by atoms with Crippen molar-refractivity contribution in [2.24, 2.45) is 0 Å². The normalized spacial score (nSPS) is 10.7. The Balaban J connectivity index is 0.000000137. The molecule has 0 radical (unpaired) electrons. The summed E-state index contributed by atoms with van der Waals surface area (Å²) < 4.78 is 0. The summed E-state index contributed by atoms with van der Waals surface area (Å²) in [5, 5.41) is 8.38. The van der Waals surface area contributed by atoms with E-state index in [0.29, 0.717) is 0 Å². The first kappa shape index (κ1) is 29.4. The lowest BCUT2D eigenvalue weighted by Gasteiger charge is -2.31. The summed E-state index contributed by atoms with van der Waals surface area (Å²) in [6.07, 6.45) is 0. The molecule has 7 aromatic rings. The van der Waals surface area contributed by atoms with Gasteiger partial charge in [0.05, 0.1) is 0 Å². The van der Waals surface area contributed by atoms with Crippen LogP contribution in [-0.2, 0) is 5.41 Å². The molecule has 1 N–H and O–H groups in total. The standard InChI is InChI=1S/C20H18.C11H11N.C11H10/c1-20(17-11-5-2-6-12-17,18-13-7-3-8-14-18)19-15-9-4-10-16-19;1-12-11-8-4-6-9-5-2-3-7-10(9)11;1-9-6-7-10-4-2-3-5-11(10)8-9/h2-16H,1H3;2-8,12H,1H3;2-8H,1H3. The van der Waals surface area contributed by atoms with Crippen molar-refractivity contribution in [3.63, 3.8) is 0 Å². The summed E-state index contributed by atoms with van der Waals surface area (Å²) in [6.45, 7) is 4.42. The van der Waals surface area contributed by atoms with Crippen molar-refractivity contribution in [1.29, 1.82) is 0 Å². The molecule has 0 saturated heterocycles. The van der Waals surface area contributed by atoms with Gasteiger partial charge in [0.2, 0.25) is 0 Å². The quantitative estimate of drug-likeness (QED) is 0.212. The van der Waals surface area contributed by atoms with Gasteiger partial charge in [0.1, 0.15) is 0 Å². The highest BCUT2D eigenvalue weighted by Gasteiger charge is 2.30. The van der Waals surface area contributed by atoms with E-state index in [-0.39, 0.29) is 5.41 Å². The van der Waals surface area contributed by atoms with Gasteiger partial charge in [-0.25, -0.2) is 0 Å². The van der Waals surface area contributed by atoms with Crippen LogP contribution in [0.4, 0.5) is 5.69 Å². The van der Waals surface area contributed by atoms with Gasteiger partial charge in [-0.05, 0) is 52.8 Å². The highest BCUT2D eigenvalue weighted by molar-refractivity contribution is 5.93. The number of rotatable bonds is 4. The van der Waals surface area contributed by atoms with E-state index in [1.54, 1.807) is 0 Å². The molecule has 0 unspecified atom stereocenters. The maximum atomic E-state index is 3.17. The number of aryl methyl sites for hydroxylation is 1. The first-order valence-corrected chi connectivity index (χ1v) is 14.9. The molecule has 212 valence electrons. The summed E-state index contributed by atoms with van der Waals surface area (Å²) >= 11 is 0. The number of hydrogen-bond acceptors (Lipinski definition) is 1. The van der Waals surface area contributed by atoms with Crippen LogP contribution in [0.3, 0.4) is 0 Å². The zero-order valence-corrected chi connectivity index (χ0v) is 25.2. The van der Waals surface area contributed by atoms with Crippen LogP contribution in [0.25, 0.3) is 21.5 Å². The molecule has 0 amide bonds. The fourth-order valence-corrected chi connectivity index (χ4v) is 5.57. The van der Waals surface area contributed by atoms with E-state index in [9.17, 15) is 0 Å². The van der Waals surface area contributed by atoms with Gasteiger partial charge in [-0.15, -0.1) is 0 Å². The zero-order valence-electron chi connectivity index (χ0n) is 25.2. The SMILES string of the molecule is CC(c1ccccc1)(c1ccccc1)c1ccccc1.CNc1cccc2ccccc12.Cc1ccc2ccccc2c1. The first-order valence-electron chi connectivity index (χ1n) is 14.9. The molecular formula is C42H39N. The lowest BCUT2D eigenvalue weighted by molar-refractivity contribution is 0.692. The molecule has 0 heterocycles. The van der Waals surface area contributed by atoms with Gasteiger partial charge in [0.25, 0.3) is 0 Å². The monoisotopic (exact) mass is 557 g/mol. The molecule has 7 aromatic carbocycles. The van der Waals surface area contributed by atoms with Crippen LogP contribution < -0.4 is 5.32 Å². The molecule has 1 heteroatoms. The van der Waals surface area contributed by atoms with Gasteiger partial charge in [-0.1, -0.05) is 175 Å². The minimum Gasteiger partial charge on any atom is -0.388 e. The maximum Gasteiger partial charge on any atom is 0.0423 e. The van der Waals surface area contributed by atoms with Crippen LogP contribution in [0.5, 0.6) is 0 Å². The van der Waals surface area contributed by atoms with Gasteiger partial charge in [0, 0.05) is 23.5 Å². The molecule has 0 atom stereocenters. The molecule has 0 spiro atoms. The third kappa shape index (κ3) is 7.02. The molecule has 0 aliphatic heterocycles. The Bertz CT molecular complexity index is 1760. The van der Waals surface area contributed by atoms with Crippen molar-refractivity contribution in [1.82, 2.24) is 0 Å². The van der Waals surface area contributed by atoms with Gasteiger partial charge < -0.3 is 5.32 Å². The third-order valence-corrected chi connectivity index (χ3v) is 8.02. The Hall–Kier alpha value is -5.14. The van der Waals surface area contributed by atoms with Gasteiger partial charge >= 0.3 is 0 Å². The average Bonchev–Trinajstić information content (AvgIpc) is 3.09. The van der Waals surface area contributed by atoms with Gasteiger partial charge in [0.15, 0.2) is 0 Å². The fraction of sp³-hybridized carbons (Fsp3) is 0.0952. The minimum absolute atomic E-state index is 0.121. The second-order valence-electron chi connectivity index (χ2n) is 10.9. The summed E-state index contributed by atoms with van der Waals surface area (Å²) in [5.41, 5.74) is 6.34. The van der Waals surface area contributed by atoms with E-state index < -0.39 is 0 Å². The van der Waals surface area contributed by atoms with Crippen LogP contribution in [-0.4, -0.2) is 7.05 Å². The van der Waals surface area contributed by atoms with Crippen molar-refractivity contribution in [3.8, 4) is 0 Å². The molecule has 1 nitrogen and oxygen atoms in total.